The van der Waals surface area contributed by atoms with Crippen LogP contribution in [-0.4, -0.2) is 23.6 Å². The summed E-state index contributed by atoms with van der Waals surface area (Å²) in [5.74, 6) is 0. The highest BCUT2D eigenvalue weighted by Gasteiger charge is 2.15. The highest BCUT2D eigenvalue weighted by Crippen LogP contribution is 2.07. The van der Waals surface area contributed by atoms with Gasteiger partial charge in [0.25, 0.3) is 0 Å². The Bertz CT molecular complexity index is 58.7. The number of hydrogen-bond donors (Lipinski definition) is 1. The van der Waals surface area contributed by atoms with E-state index in [4.69, 9.17) is 17.5 Å². The maximum absolute atomic E-state index is 5.56. The van der Waals surface area contributed by atoms with E-state index in [9.17, 15) is 0 Å². The Morgan fingerprint density at radius 1 is 1.71 bits per heavy atom. The van der Waals surface area contributed by atoms with Crippen LogP contribution >= 0.6 is 11.8 Å². The average Bonchev–Trinajstić information content (AvgIpc) is 1.87. The fourth-order valence-corrected chi connectivity index (χ4v) is 1.02. The van der Waals surface area contributed by atoms with Crippen molar-refractivity contribution in [3.63, 3.8) is 0 Å². The predicted molar refractivity (Wildman–Crippen MR) is 30.0 cm³/mol. The molecule has 0 aliphatic carbocycles. The maximum Gasteiger partial charge on any atom is 0.0291 e. The van der Waals surface area contributed by atoms with Gasteiger partial charge in [-0.05, 0) is 18.2 Å². The van der Waals surface area contributed by atoms with Gasteiger partial charge in [0, 0.05) is 19.1 Å². The molecular weight excluding hydrogens is 112 g/mol. The first-order valence-electron chi connectivity index (χ1n) is 2.45. The molecule has 1 aliphatic rings. The van der Waals surface area contributed by atoms with Gasteiger partial charge in [-0.25, -0.2) is 4.42 Å². The van der Waals surface area contributed by atoms with E-state index in [1.807, 2.05) is 0 Å². The summed E-state index contributed by atoms with van der Waals surface area (Å²) < 4.78 is 1.73. The molecule has 1 saturated heterocycles. The molecule has 0 aromatic carbocycles. The molecule has 7 heavy (non-hydrogen) atoms. The quantitative estimate of drug-likeness (QED) is 0.462. The molecule has 2 nitrogen and oxygen atoms in total. The van der Waals surface area contributed by atoms with Crippen LogP contribution in [0.2, 0.25) is 0 Å². The van der Waals surface area contributed by atoms with E-state index in [0.29, 0.717) is 6.04 Å². The summed E-state index contributed by atoms with van der Waals surface area (Å²) in [7, 11) is 0. The van der Waals surface area contributed by atoms with Gasteiger partial charge in [0.15, 0.2) is 0 Å². The lowest BCUT2D eigenvalue weighted by Gasteiger charge is -1.99. The topological polar surface area (TPSA) is 29.3 Å². The molecule has 0 aromatic rings. The summed E-state index contributed by atoms with van der Waals surface area (Å²) in [4.78, 5) is 0. The van der Waals surface area contributed by atoms with Crippen LogP contribution in [0.3, 0.4) is 0 Å². The summed E-state index contributed by atoms with van der Waals surface area (Å²) in [5, 5.41) is 0. The Morgan fingerprint density at radius 2 is 2.43 bits per heavy atom. The number of nitrogens with zero attached hydrogens (tertiary/aromatic N) is 1. The van der Waals surface area contributed by atoms with Crippen molar-refractivity contribution in [1.29, 1.82) is 0 Å². The summed E-state index contributed by atoms with van der Waals surface area (Å²) in [6, 6.07) is 0.317. The summed E-state index contributed by atoms with van der Waals surface area (Å²) in [6.07, 6.45) is 1.05. The lowest BCUT2D eigenvalue weighted by atomic mass is 10.3. The van der Waals surface area contributed by atoms with Crippen LogP contribution in [0.15, 0.2) is 0 Å². The average molecular weight is 121 g/mol. The molecule has 2 N–H and O–H groups in total. The molecule has 1 aliphatic heterocycles. The minimum absolute atomic E-state index is 0.317. The number of nitrogens with two attached hydrogens (primary N) is 1. The van der Waals surface area contributed by atoms with Crippen molar-refractivity contribution in [3.05, 3.63) is 0 Å². The second-order valence-electron chi connectivity index (χ2n) is 1.92. The molecule has 1 rings (SSSR count). The van der Waals surface area contributed by atoms with Crippen LogP contribution < -0.4 is 5.73 Å². The molecule has 0 amide bonds. The minimum Gasteiger partial charge on any atom is -0.326 e. The fourth-order valence-electron chi connectivity index (χ4n) is 0.743. The van der Waals surface area contributed by atoms with Gasteiger partial charge in [-0.15, -0.1) is 0 Å². The Kier molecular flexibility index (Phi) is 1.52. The third kappa shape index (κ3) is 1.30. The summed E-state index contributed by atoms with van der Waals surface area (Å²) >= 11 is 5.56. The summed E-state index contributed by atoms with van der Waals surface area (Å²) in [5.41, 5.74) is 5.50. The van der Waals surface area contributed by atoms with Crippen LogP contribution in [0, 0.1) is 0 Å². The largest absolute Gasteiger partial charge is 0.326 e. The molecule has 0 bridgehead atoms. The van der Waals surface area contributed by atoms with Gasteiger partial charge in [0.1, 0.15) is 0 Å². The Morgan fingerprint density at radius 3 is 2.57 bits per heavy atom. The normalized spacial score (nSPS) is 34.3. The molecule has 1 fully saturated rings. The maximum atomic E-state index is 5.56. The lowest BCUT2D eigenvalue weighted by molar-refractivity contribution is 0.555. The summed E-state index contributed by atoms with van der Waals surface area (Å²) in [6.45, 7) is 1.80. The van der Waals surface area contributed by atoms with E-state index >= 15 is 0 Å². The van der Waals surface area contributed by atoms with Crippen LogP contribution in [0.5, 0.6) is 0 Å². The van der Waals surface area contributed by atoms with Crippen molar-refractivity contribution in [2.75, 3.05) is 13.1 Å². The van der Waals surface area contributed by atoms with Crippen LogP contribution in [0.1, 0.15) is 6.42 Å². The molecule has 42 valence electrons. The van der Waals surface area contributed by atoms with Crippen molar-refractivity contribution < 1.29 is 0 Å². The molecule has 0 radical (unpaired) electrons. The van der Waals surface area contributed by atoms with E-state index in [-0.39, 0.29) is 0 Å². The zero-order valence-electron chi connectivity index (χ0n) is 4.10. The highest BCUT2D eigenvalue weighted by molar-refractivity contribution is 6.13. The van der Waals surface area contributed by atoms with Crippen LogP contribution in [-0.2, 0) is 0 Å². The molecule has 1 unspecified atom stereocenters. The minimum atomic E-state index is 0.317. The van der Waals surface area contributed by atoms with Crippen molar-refractivity contribution in [2.45, 2.75) is 12.5 Å². The highest BCUT2D eigenvalue weighted by atomic mass is 35.5. The molecule has 1 heterocycles. The SMILES string of the molecule is NC1CCN(Cl)C1. The van der Waals surface area contributed by atoms with Crippen molar-refractivity contribution in [2.24, 2.45) is 5.73 Å². The molecule has 0 saturated carbocycles. The van der Waals surface area contributed by atoms with Crippen molar-refractivity contribution >= 4 is 11.8 Å². The molecule has 3 heteroatoms. The smallest absolute Gasteiger partial charge is 0.0291 e. The second-order valence-corrected chi connectivity index (χ2v) is 2.40. The first kappa shape index (κ1) is 5.35. The van der Waals surface area contributed by atoms with Gasteiger partial charge in [0.2, 0.25) is 0 Å². The third-order valence-corrected chi connectivity index (χ3v) is 1.48. The standard InChI is InChI=1S/C4H9ClN2/c5-7-2-1-4(6)3-7/h4H,1-3,6H2. The molecular formula is C4H9ClN2. The Balaban J connectivity index is 2.26. The van der Waals surface area contributed by atoms with Gasteiger partial charge in [-0.1, -0.05) is 0 Å². The number of rotatable bonds is 0. The fraction of sp³-hybridized carbons (Fsp3) is 1.00. The first-order valence-corrected chi connectivity index (χ1v) is 2.79. The van der Waals surface area contributed by atoms with Crippen molar-refractivity contribution in [3.8, 4) is 0 Å². The third-order valence-electron chi connectivity index (χ3n) is 1.18. The zero-order chi connectivity index (χ0) is 5.28. The van der Waals surface area contributed by atoms with Crippen molar-refractivity contribution in [1.82, 2.24) is 4.42 Å². The Labute approximate surface area is 48.3 Å². The van der Waals surface area contributed by atoms with Gasteiger partial charge >= 0.3 is 0 Å². The van der Waals surface area contributed by atoms with E-state index in [2.05, 4.69) is 0 Å². The van der Waals surface area contributed by atoms with Crippen LogP contribution in [0.25, 0.3) is 0 Å². The number of halogens is 1. The van der Waals surface area contributed by atoms with Gasteiger partial charge < -0.3 is 5.73 Å². The molecule has 0 aromatic heterocycles. The van der Waals surface area contributed by atoms with Gasteiger partial charge in [-0.2, -0.15) is 0 Å². The van der Waals surface area contributed by atoms with E-state index in [0.717, 1.165) is 19.5 Å². The van der Waals surface area contributed by atoms with E-state index in [1.54, 1.807) is 4.42 Å². The predicted octanol–water partition coefficient (Wildman–Crippen LogP) is 0.173. The zero-order valence-corrected chi connectivity index (χ0v) is 4.86. The first-order chi connectivity index (χ1) is 3.29. The van der Waals surface area contributed by atoms with E-state index < -0.39 is 0 Å². The van der Waals surface area contributed by atoms with Gasteiger partial charge in [-0.3, -0.25) is 0 Å². The monoisotopic (exact) mass is 120 g/mol. The number of hydrogen-bond acceptors (Lipinski definition) is 2. The van der Waals surface area contributed by atoms with E-state index in [1.165, 1.54) is 0 Å². The molecule has 1 atom stereocenters. The van der Waals surface area contributed by atoms with Gasteiger partial charge in [0.05, 0.1) is 0 Å². The lowest BCUT2D eigenvalue weighted by Crippen LogP contribution is -2.21. The Hall–Kier alpha value is 0.210. The second kappa shape index (κ2) is 1.99. The van der Waals surface area contributed by atoms with Crippen LogP contribution in [0.4, 0.5) is 0 Å². The molecule has 0 spiro atoms.